The lowest BCUT2D eigenvalue weighted by Crippen LogP contribution is -2.17. The summed E-state index contributed by atoms with van der Waals surface area (Å²) >= 11 is 2.81. The van der Waals surface area contributed by atoms with Crippen LogP contribution in [0.2, 0.25) is 0 Å². The normalized spacial score (nSPS) is 11.7. The minimum Gasteiger partial charge on any atom is -0.488 e. The Kier molecular flexibility index (Phi) is 4.55. The molecule has 0 N–H and O–H groups in total. The summed E-state index contributed by atoms with van der Waals surface area (Å²) < 4.78 is 67.6. The molecule has 0 atom stereocenters. The Bertz CT molecular complexity index is 380. The Balaban J connectivity index is 2.72. The molecule has 0 aliphatic rings. The number of benzene rings is 1. The van der Waals surface area contributed by atoms with Crippen molar-refractivity contribution < 1.29 is 31.4 Å². The first kappa shape index (κ1) is 14.0. The summed E-state index contributed by atoms with van der Waals surface area (Å²) in [6, 6.07) is 3.19. The third-order valence-corrected chi connectivity index (χ3v) is 2.12. The van der Waals surface area contributed by atoms with Crippen molar-refractivity contribution in [1.82, 2.24) is 0 Å². The first-order valence-electron chi connectivity index (χ1n) is 4.24. The number of hydrogen-bond donors (Lipinski definition) is 0. The maximum Gasteiger partial charge on any atom is 0.573 e. The molecule has 1 rings (SSSR count). The van der Waals surface area contributed by atoms with Gasteiger partial charge >= 0.3 is 6.36 Å². The zero-order valence-corrected chi connectivity index (χ0v) is 9.69. The molecule has 0 saturated heterocycles. The van der Waals surface area contributed by atoms with E-state index >= 15 is 0 Å². The van der Waals surface area contributed by atoms with E-state index in [2.05, 4.69) is 25.4 Å². The number of rotatable bonds is 4. The minimum absolute atomic E-state index is 0.0201. The molecule has 0 unspecified atom stereocenters. The summed E-state index contributed by atoms with van der Waals surface area (Å²) in [6.45, 7) is -0.827. The summed E-state index contributed by atoms with van der Waals surface area (Å²) in [4.78, 5) is 0. The lowest BCUT2D eigenvalue weighted by Gasteiger charge is -2.12. The van der Waals surface area contributed by atoms with E-state index in [-0.39, 0.29) is 10.2 Å². The van der Waals surface area contributed by atoms with Crippen molar-refractivity contribution in [2.75, 3.05) is 6.61 Å². The second kappa shape index (κ2) is 5.52. The molecule has 0 radical (unpaired) electrons. The summed E-state index contributed by atoms with van der Waals surface area (Å²) in [7, 11) is 0. The molecule has 0 aliphatic heterocycles. The molecule has 2 nitrogen and oxygen atoms in total. The van der Waals surface area contributed by atoms with Crippen LogP contribution in [0, 0.1) is 0 Å². The Labute approximate surface area is 101 Å². The maximum absolute atomic E-state index is 11.9. The van der Waals surface area contributed by atoms with Crippen LogP contribution in [0.1, 0.15) is 0 Å². The van der Waals surface area contributed by atoms with Crippen LogP contribution < -0.4 is 9.47 Å². The van der Waals surface area contributed by atoms with Crippen molar-refractivity contribution in [3.63, 3.8) is 0 Å². The van der Waals surface area contributed by atoms with Gasteiger partial charge in [-0.05, 0) is 34.1 Å². The molecule has 17 heavy (non-hydrogen) atoms. The Hall–Kier alpha value is -1.05. The van der Waals surface area contributed by atoms with Gasteiger partial charge in [0.05, 0.1) is 4.47 Å². The van der Waals surface area contributed by atoms with E-state index in [0.29, 0.717) is 0 Å². The van der Waals surface area contributed by atoms with Crippen molar-refractivity contribution in [2.24, 2.45) is 0 Å². The quantitative estimate of drug-likeness (QED) is 0.781. The molecule has 0 amide bonds. The molecule has 0 spiro atoms. The number of hydrogen-bond acceptors (Lipinski definition) is 2. The van der Waals surface area contributed by atoms with Gasteiger partial charge in [-0.25, -0.2) is 8.78 Å². The van der Waals surface area contributed by atoms with Gasteiger partial charge in [0.1, 0.15) is 18.1 Å². The zero-order valence-electron chi connectivity index (χ0n) is 8.10. The highest BCUT2D eigenvalue weighted by atomic mass is 79.9. The summed E-state index contributed by atoms with van der Waals surface area (Å²) in [5.74, 6) is -0.450. The van der Waals surface area contributed by atoms with Crippen LogP contribution >= 0.6 is 15.9 Å². The van der Waals surface area contributed by atoms with Crippen molar-refractivity contribution in [3.05, 3.63) is 22.7 Å². The first-order valence-corrected chi connectivity index (χ1v) is 5.03. The number of halogens is 6. The topological polar surface area (TPSA) is 18.5 Å². The van der Waals surface area contributed by atoms with Crippen LogP contribution in [0.3, 0.4) is 0 Å². The highest BCUT2D eigenvalue weighted by molar-refractivity contribution is 9.10. The van der Waals surface area contributed by atoms with E-state index in [9.17, 15) is 22.0 Å². The lowest BCUT2D eigenvalue weighted by atomic mass is 10.3. The van der Waals surface area contributed by atoms with Gasteiger partial charge in [-0.2, -0.15) is 0 Å². The van der Waals surface area contributed by atoms with Gasteiger partial charge in [0.15, 0.2) is 0 Å². The zero-order chi connectivity index (χ0) is 13.1. The highest BCUT2D eigenvalue weighted by Crippen LogP contribution is 2.33. The van der Waals surface area contributed by atoms with Crippen LogP contribution in [0.4, 0.5) is 22.0 Å². The van der Waals surface area contributed by atoms with Gasteiger partial charge in [0.2, 0.25) is 0 Å². The highest BCUT2D eigenvalue weighted by Gasteiger charge is 2.31. The van der Waals surface area contributed by atoms with Gasteiger partial charge in [-0.3, -0.25) is 0 Å². The van der Waals surface area contributed by atoms with Gasteiger partial charge in [-0.1, -0.05) is 0 Å². The fraction of sp³-hybridized carbons (Fsp3) is 0.333. The summed E-state index contributed by atoms with van der Waals surface area (Å²) in [5.41, 5.74) is 0. The maximum atomic E-state index is 11.9. The summed E-state index contributed by atoms with van der Waals surface area (Å²) in [6.07, 6.45) is -7.46. The van der Waals surface area contributed by atoms with E-state index in [1.807, 2.05) is 0 Å². The van der Waals surface area contributed by atoms with Crippen LogP contribution in [-0.2, 0) is 0 Å². The number of ether oxygens (including phenoxy) is 2. The van der Waals surface area contributed by atoms with E-state index < -0.39 is 25.1 Å². The van der Waals surface area contributed by atoms with Crippen LogP contribution in [-0.4, -0.2) is 19.4 Å². The molecule has 8 heteroatoms. The van der Waals surface area contributed by atoms with Crippen LogP contribution in [0.25, 0.3) is 0 Å². The molecule has 0 heterocycles. The fourth-order valence-electron chi connectivity index (χ4n) is 0.938. The van der Waals surface area contributed by atoms with E-state index in [4.69, 9.17) is 0 Å². The van der Waals surface area contributed by atoms with Crippen LogP contribution in [0.15, 0.2) is 22.7 Å². The molecule has 0 aromatic heterocycles. The largest absolute Gasteiger partial charge is 0.573 e. The van der Waals surface area contributed by atoms with Gasteiger partial charge in [0.25, 0.3) is 6.43 Å². The van der Waals surface area contributed by atoms with Crippen molar-refractivity contribution in [2.45, 2.75) is 12.8 Å². The van der Waals surface area contributed by atoms with Crippen molar-refractivity contribution in [1.29, 1.82) is 0 Å². The average Bonchev–Trinajstić information content (AvgIpc) is 2.17. The smallest absolute Gasteiger partial charge is 0.488 e. The fourth-order valence-corrected chi connectivity index (χ4v) is 1.38. The predicted molar refractivity (Wildman–Crippen MR) is 52.3 cm³/mol. The monoisotopic (exact) mass is 320 g/mol. The molecule has 0 bridgehead atoms. The molecule has 0 aliphatic carbocycles. The average molecular weight is 321 g/mol. The van der Waals surface area contributed by atoms with Crippen molar-refractivity contribution in [3.8, 4) is 11.5 Å². The summed E-state index contributed by atoms with van der Waals surface area (Å²) in [5, 5.41) is 0. The van der Waals surface area contributed by atoms with E-state index in [0.717, 1.165) is 18.2 Å². The SMILES string of the molecule is FC(F)COc1ccc(OC(F)(F)F)c(Br)c1. The van der Waals surface area contributed by atoms with Gasteiger partial charge in [-0.15, -0.1) is 13.2 Å². The first-order chi connectivity index (χ1) is 7.78. The second-order valence-electron chi connectivity index (χ2n) is 2.84. The van der Waals surface area contributed by atoms with Crippen molar-refractivity contribution >= 4 is 15.9 Å². The minimum atomic E-state index is -4.81. The van der Waals surface area contributed by atoms with E-state index in [1.165, 1.54) is 0 Å². The van der Waals surface area contributed by atoms with Crippen LogP contribution in [0.5, 0.6) is 11.5 Å². The van der Waals surface area contributed by atoms with Gasteiger partial charge in [0, 0.05) is 0 Å². The van der Waals surface area contributed by atoms with E-state index in [1.54, 1.807) is 0 Å². The lowest BCUT2D eigenvalue weighted by molar-refractivity contribution is -0.274. The molecule has 0 fully saturated rings. The molecule has 1 aromatic rings. The molecular formula is C9H6BrF5O2. The molecule has 1 aromatic carbocycles. The third-order valence-electron chi connectivity index (χ3n) is 1.51. The molecule has 0 saturated carbocycles. The Morgan fingerprint density at radius 1 is 1.24 bits per heavy atom. The van der Waals surface area contributed by atoms with Gasteiger partial charge < -0.3 is 9.47 Å². The second-order valence-corrected chi connectivity index (χ2v) is 3.70. The Morgan fingerprint density at radius 3 is 2.35 bits per heavy atom. The third kappa shape index (κ3) is 5.20. The molecule has 96 valence electrons. The standard InChI is InChI=1S/C9H6BrF5O2/c10-6-3-5(16-4-8(11)12)1-2-7(6)17-9(13,14)15/h1-3,8H,4H2. The molecular weight excluding hydrogens is 315 g/mol. The number of alkyl halides is 5. The predicted octanol–water partition coefficient (Wildman–Crippen LogP) is 3.99. The Morgan fingerprint density at radius 2 is 1.88 bits per heavy atom.